The van der Waals surface area contributed by atoms with Crippen molar-refractivity contribution in [1.29, 1.82) is 0 Å². The zero-order chi connectivity index (χ0) is 13.8. The van der Waals surface area contributed by atoms with Crippen LogP contribution in [0.5, 0.6) is 0 Å². The fourth-order valence-corrected chi connectivity index (χ4v) is 2.52. The molecule has 4 nitrogen and oxygen atoms in total. The highest BCUT2D eigenvalue weighted by atomic mass is 19.1. The number of nitrogens with one attached hydrogen (secondary N) is 1. The predicted octanol–water partition coefficient (Wildman–Crippen LogP) is 1.85. The molecule has 18 heavy (non-hydrogen) atoms. The summed E-state index contributed by atoms with van der Waals surface area (Å²) in [6, 6.07) is 1.38. The van der Waals surface area contributed by atoms with Crippen molar-refractivity contribution in [1.82, 2.24) is 15.3 Å². The number of likely N-dealkylation sites (N-methyl/N-ethyl adjacent to an activating group) is 1. The molecule has 0 bridgehead atoms. The first-order chi connectivity index (χ1) is 8.48. The molecule has 5 heteroatoms. The summed E-state index contributed by atoms with van der Waals surface area (Å²) in [5.41, 5.74) is 2.99. The minimum absolute atomic E-state index is 0.291. The average Bonchev–Trinajstić information content (AvgIpc) is 2.33. The van der Waals surface area contributed by atoms with E-state index in [2.05, 4.69) is 43.0 Å². The van der Waals surface area contributed by atoms with E-state index < -0.39 is 0 Å². The molecule has 0 aliphatic heterocycles. The molecule has 1 aromatic rings. The summed E-state index contributed by atoms with van der Waals surface area (Å²) < 4.78 is 13.9. The molecule has 0 fully saturated rings. The molecule has 102 valence electrons. The standard InChI is InChI=1S/C13H23FN4/c1-5-18(6-2)13(3,4)12(17-15)10-7-8-16-9-11(10)14/h7-9,12,17H,5-6,15H2,1-4H3. The van der Waals surface area contributed by atoms with E-state index in [4.69, 9.17) is 5.84 Å². The van der Waals surface area contributed by atoms with Crippen LogP contribution in [0.1, 0.15) is 39.3 Å². The van der Waals surface area contributed by atoms with Crippen LogP contribution in [0.2, 0.25) is 0 Å². The number of hydrogen-bond donors (Lipinski definition) is 2. The van der Waals surface area contributed by atoms with Crippen molar-refractivity contribution in [3.05, 3.63) is 29.8 Å². The number of hydrazine groups is 1. The molecule has 0 radical (unpaired) electrons. The van der Waals surface area contributed by atoms with Crippen molar-refractivity contribution in [2.24, 2.45) is 5.84 Å². The number of halogens is 1. The molecule has 0 spiro atoms. The Morgan fingerprint density at radius 2 is 2.06 bits per heavy atom. The van der Waals surface area contributed by atoms with Crippen molar-refractivity contribution in [2.45, 2.75) is 39.3 Å². The van der Waals surface area contributed by atoms with Crippen molar-refractivity contribution in [3.8, 4) is 0 Å². The van der Waals surface area contributed by atoms with Gasteiger partial charge in [-0.3, -0.25) is 21.2 Å². The highest BCUT2D eigenvalue weighted by molar-refractivity contribution is 5.21. The van der Waals surface area contributed by atoms with Gasteiger partial charge in [0.15, 0.2) is 0 Å². The minimum Gasteiger partial charge on any atom is -0.297 e. The summed E-state index contributed by atoms with van der Waals surface area (Å²) in [5.74, 6) is 5.31. The number of nitrogens with zero attached hydrogens (tertiary/aromatic N) is 2. The monoisotopic (exact) mass is 254 g/mol. The molecular formula is C13H23FN4. The Morgan fingerprint density at radius 3 is 2.50 bits per heavy atom. The zero-order valence-electron chi connectivity index (χ0n) is 11.6. The van der Waals surface area contributed by atoms with Gasteiger partial charge in [0.2, 0.25) is 0 Å². The first kappa shape index (κ1) is 15.0. The van der Waals surface area contributed by atoms with E-state index in [0.717, 1.165) is 13.1 Å². The van der Waals surface area contributed by atoms with Crippen LogP contribution in [0.15, 0.2) is 18.5 Å². The number of aromatic nitrogens is 1. The van der Waals surface area contributed by atoms with Crippen molar-refractivity contribution in [3.63, 3.8) is 0 Å². The lowest BCUT2D eigenvalue weighted by Gasteiger charge is -2.43. The maximum absolute atomic E-state index is 13.9. The summed E-state index contributed by atoms with van der Waals surface area (Å²) in [6.07, 6.45) is 2.80. The summed E-state index contributed by atoms with van der Waals surface area (Å²) in [4.78, 5) is 6.02. The summed E-state index contributed by atoms with van der Waals surface area (Å²) in [5, 5.41) is 0. The Balaban J connectivity index is 3.13. The molecule has 0 amide bonds. The first-order valence-corrected chi connectivity index (χ1v) is 6.29. The zero-order valence-corrected chi connectivity index (χ0v) is 11.6. The third-order valence-electron chi connectivity index (χ3n) is 3.57. The Labute approximate surface area is 108 Å². The largest absolute Gasteiger partial charge is 0.297 e. The SMILES string of the molecule is CCN(CC)C(C)(C)C(NN)c1ccncc1F. The Morgan fingerprint density at radius 1 is 1.44 bits per heavy atom. The van der Waals surface area contributed by atoms with Gasteiger partial charge in [0, 0.05) is 17.3 Å². The fraction of sp³-hybridized carbons (Fsp3) is 0.615. The van der Waals surface area contributed by atoms with Gasteiger partial charge in [-0.25, -0.2) is 4.39 Å². The molecule has 0 aliphatic rings. The van der Waals surface area contributed by atoms with Crippen molar-refractivity contribution in [2.75, 3.05) is 13.1 Å². The maximum atomic E-state index is 13.9. The molecule has 0 aliphatic carbocycles. The summed E-state index contributed by atoms with van der Waals surface area (Å²) >= 11 is 0. The van der Waals surface area contributed by atoms with Gasteiger partial charge < -0.3 is 0 Å². The summed E-state index contributed by atoms with van der Waals surface area (Å²) in [6.45, 7) is 10.1. The van der Waals surface area contributed by atoms with Gasteiger partial charge in [-0.2, -0.15) is 0 Å². The van der Waals surface area contributed by atoms with E-state index in [1.165, 1.54) is 6.20 Å². The third-order valence-corrected chi connectivity index (χ3v) is 3.57. The second kappa shape index (κ2) is 6.22. The van der Waals surface area contributed by atoms with E-state index in [1.807, 2.05) is 0 Å². The average molecular weight is 254 g/mol. The number of nitrogens with two attached hydrogens (primary N) is 1. The van der Waals surface area contributed by atoms with E-state index in [0.29, 0.717) is 5.56 Å². The predicted molar refractivity (Wildman–Crippen MR) is 71.3 cm³/mol. The van der Waals surface area contributed by atoms with E-state index in [-0.39, 0.29) is 17.4 Å². The minimum atomic E-state index is -0.333. The smallest absolute Gasteiger partial charge is 0.146 e. The van der Waals surface area contributed by atoms with E-state index >= 15 is 0 Å². The second-order valence-corrected chi connectivity index (χ2v) is 4.82. The van der Waals surface area contributed by atoms with Crippen LogP contribution in [-0.2, 0) is 0 Å². The number of hydrogen-bond acceptors (Lipinski definition) is 4. The fourth-order valence-electron chi connectivity index (χ4n) is 2.52. The first-order valence-electron chi connectivity index (χ1n) is 6.29. The van der Waals surface area contributed by atoms with Crippen LogP contribution in [-0.4, -0.2) is 28.5 Å². The van der Waals surface area contributed by atoms with Gasteiger partial charge in [-0.15, -0.1) is 0 Å². The number of pyridine rings is 1. The molecule has 3 N–H and O–H groups in total. The molecule has 0 saturated carbocycles. The number of rotatable bonds is 6. The quantitative estimate of drug-likeness (QED) is 0.601. The molecule has 1 rings (SSSR count). The van der Waals surface area contributed by atoms with Gasteiger partial charge in [-0.1, -0.05) is 13.8 Å². The second-order valence-electron chi connectivity index (χ2n) is 4.82. The Bertz CT molecular complexity index is 377. The van der Waals surface area contributed by atoms with Gasteiger partial charge in [-0.05, 0) is 33.0 Å². The van der Waals surface area contributed by atoms with E-state index in [1.54, 1.807) is 12.3 Å². The van der Waals surface area contributed by atoms with Crippen molar-refractivity contribution < 1.29 is 4.39 Å². The van der Waals surface area contributed by atoms with Gasteiger partial charge >= 0.3 is 0 Å². The van der Waals surface area contributed by atoms with Crippen LogP contribution in [0.3, 0.4) is 0 Å². The summed E-state index contributed by atoms with van der Waals surface area (Å²) in [7, 11) is 0. The lowest BCUT2D eigenvalue weighted by molar-refractivity contribution is 0.0897. The normalized spacial score (nSPS) is 13.9. The third kappa shape index (κ3) is 2.85. The van der Waals surface area contributed by atoms with Crippen LogP contribution in [0, 0.1) is 5.82 Å². The maximum Gasteiger partial charge on any atom is 0.146 e. The molecule has 1 aromatic heterocycles. The highest BCUT2D eigenvalue weighted by Crippen LogP contribution is 2.31. The van der Waals surface area contributed by atoms with Crippen molar-refractivity contribution >= 4 is 0 Å². The van der Waals surface area contributed by atoms with Gasteiger partial charge in [0.25, 0.3) is 0 Å². The highest BCUT2D eigenvalue weighted by Gasteiger charge is 2.35. The van der Waals surface area contributed by atoms with Gasteiger partial charge in [0.05, 0.1) is 12.2 Å². The molecular weight excluding hydrogens is 231 g/mol. The van der Waals surface area contributed by atoms with Crippen LogP contribution in [0.4, 0.5) is 4.39 Å². The molecule has 1 unspecified atom stereocenters. The molecule has 0 saturated heterocycles. The molecule has 1 atom stereocenters. The molecule has 0 aromatic carbocycles. The van der Waals surface area contributed by atoms with Gasteiger partial charge in [0.1, 0.15) is 5.82 Å². The van der Waals surface area contributed by atoms with Crippen LogP contribution < -0.4 is 11.3 Å². The Hall–Kier alpha value is -1.04. The Kier molecular flexibility index (Phi) is 5.19. The van der Waals surface area contributed by atoms with Crippen LogP contribution in [0.25, 0.3) is 0 Å². The lowest BCUT2D eigenvalue weighted by atomic mass is 9.87. The van der Waals surface area contributed by atoms with Crippen LogP contribution >= 0.6 is 0 Å². The lowest BCUT2D eigenvalue weighted by Crippen LogP contribution is -2.54. The van der Waals surface area contributed by atoms with E-state index in [9.17, 15) is 4.39 Å². The molecule has 1 heterocycles. The topological polar surface area (TPSA) is 54.2 Å².